The largest absolute Gasteiger partial charge is 0.396 e. The van der Waals surface area contributed by atoms with Crippen molar-refractivity contribution in [2.45, 2.75) is 51.3 Å². The van der Waals surface area contributed by atoms with E-state index in [9.17, 15) is 16.8 Å². The van der Waals surface area contributed by atoms with Gasteiger partial charge in [0.1, 0.15) is 15.5 Å². The lowest BCUT2D eigenvalue weighted by Crippen LogP contribution is -2.12. The molecule has 2 N–H and O–H groups in total. The molecule has 9 nitrogen and oxygen atoms in total. The number of anilines is 1. The lowest BCUT2D eigenvalue weighted by molar-refractivity contribution is 0.482. The summed E-state index contributed by atoms with van der Waals surface area (Å²) in [6.07, 6.45) is 0. The van der Waals surface area contributed by atoms with Crippen LogP contribution in [-0.4, -0.2) is 26.6 Å². The first-order valence-corrected chi connectivity index (χ1v) is 16.5. The van der Waals surface area contributed by atoms with Crippen LogP contribution in [0.15, 0.2) is 101 Å². The van der Waals surface area contributed by atoms with Gasteiger partial charge in [0, 0.05) is 5.69 Å². The number of aryl methyl sites for hydroxylation is 6. The van der Waals surface area contributed by atoms with Crippen LogP contribution in [0.4, 0.5) is 5.69 Å². The molecule has 0 aliphatic rings. The van der Waals surface area contributed by atoms with Gasteiger partial charge in [0.2, 0.25) is 0 Å². The minimum atomic E-state index is -3.92. The summed E-state index contributed by atoms with van der Waals surface area (Å²) < 4.78 is 61.7. The minimum absolute atomic E-state index is 0.110. The van der Waals surface area contributed by atoms with Crippen LogP contribution in [0.5, 0.6) is 11.5 Å². The summed E-state index contributed by atoms with van der Waals surface area (Å²) >= 11 is 0. The first-order valence-electron chi connectivity index (χ1n) is 13.7. The third-order valence-corrected chi connectivity index (χ3v) is 9.04. The first kappa shape index (κ1) is 32.3. The summed E-state index contributed by atoms with van der Waals surface area (Å²) in [6.45, 7) is 11.3. The van der Waals surface area contributed by atoms with Crippen molar-refractivity contribution in [3.63, 3.8) is 0 Å². The van der Waals surface area contributed by atoms with E-state index in [1.165, 1.54) is 12.1 Å². The number of aromatic nitrogens is 2. The predicted molar refractivity (Wildman–Crippen MR) is 171 cm³/mol. The third-order valence-electron chi connectivity index (χ3n) is 6.54. The zero-order valence-corrected chi connectivity index (χ0v) is 27.0. The van der Waals surface area contributed by atoms with Crippen molar-refractivity contribution < 1.29 is 25.2 Å². The third kappa shape index (κ3) is 7.86. The Morgan fingerprint density at radius 3 is 1.48 bits per heavy atom. The standard InChI is InChI=1S/C19H20N2O3S.C14H15NO3S/c1-13-5-8-17(9-6-13)25(22,23)24-19-11-14(2)7-10-18(19)21-16(4)12-15(3)20-21;1-10-3-6-12(7-4-10)19(16,17)18-14-9-11(2)5-8-13(14)15/h5-12H,1-4H3;3-9H,15H2,1-2H3. The van der Waals surface area contributed by atoms with Gasteiger partial charge in [-0.3, -0.25) is 0 Å². The van der Waals surface area contributed by atoms with Crippen LogP contribution in [0, 0.1) is 41.5 Å². The van der Waals surface area contributed by atoms with E-state index in [4.69, 9.17) is 14.1 Å². The summed E-state index contributed by atoms with van der Waals surface area (Å²) in [6, 6.07) is 25.4. The number of nitrogen functional groups attached to an aromatic ring is 1. The van der Waals surface area contributed by atoms with Gasteiger partial charge in [-0.25, -0.2) is 4.68 Å². The highest BCUT2D eigenvalue weighted by atomic mass is 32.2. The second-order valence-corrected chi connectivity index (χ2v) is 13.6. The molecule has 5 rings (SSSR count). The van der Waals surface area contributed by atoms with Gasteiger partial charge >= 0.3 is 20.2 Å². The van der Waals surface area contributed by atoms with Gasteiger partial charge in [-0.1, -0.05) is 47.5 Å². The Labute approximate surface area is 259 Å². The van der Waals surface area contributed by atoms with Gasteiger partial charge < -0.3 is 14.1 Å². The van der Waals surface area contributed by atoms with Crippen molar-refractivity contribution in [2.24, 2.45) is 0 Å². The quantitative estimate of drug-likeness (QED) is 0.158. The first-order chi connectivity index (χ1) is 20.6. The van der Waals surface area contributed by atoms with E-state index in [-0.39, 0.29) is 21.3 Å². The van der Waals surface area contributed by atoms with Crippen LogP contribution in [0.25, 0.3) is 5.69 Å². The molecule has 0 bridgehead atoms. The summed E-state index contributed by atoms with van der Waals surface area (Å²) in [5.41, 5.74) is 12.1. The van der Waals surface area contributed by atoms with E-state index in [0.29, 0.717) is 11.4 Å². The number of nitrogens with two attached hydrogens (primary N) is 1. The molecule has 0 saturated heterocycles. The molecule has 4 aromatic carbocycles. The average Bonchev–Trinajstić information content (AvgIpc) is 3.28. The highest BCUT2D eigenvalue weighted by Gasteiger charge is 2.21. The molecular weight excluding hydrogens is 599 g/mol. The Morgan fingerprint density at radius 2 is 1.00 bits per heavy atom. The Bertz CT molecular complexity index is 2000. The van der Waals surface area contributed by atoms with Gasteiger partial charge in [0.15, 0.2) is 11.5 Å². The molecule has 230 valence electrons. The highest BCUT2D eigenvalue weighted by molar-refractivity contribution is 7.87. The van der Waals surface area contributed by atoms with Crippen molar-refractivity contribution in [3.8, 4) is 17.2 Å². The Kier molecular flexibility index (Phi) is 9.50. The van der Waals surface area contributed by atoms with Gasteiger partial charge in [0.25, 0.3) is 0 Å². The van der Waals surface area contributed by atoms with Gasteiger partial charge in [-0.05, 0) is 107 Å². The smallest absolute Gasteiger partial charge is 0.339 e. The molecule has 0 fully saturated rings. The van der Waals surface area contributed by atoms with Crippen molar-refractivity contribution in [3.05, 3.63) is 125 Å². The van der Waals surface area contributed by atoms with Crippen molar-refractivity contribution >= 4 is 25.9 Å². The lowest BCUT2D eigenvalue weighted by atomic mass is 10.2. The predicted octanol–water partition coefficient (Wildman–Crippen LogP) is 6.53. The fourth-order valence-electron chi connectivity index (χ4n) is 4.19. The summed E-state index contributed by atoms with van der Waals surface area (Å²) in [5.74, 6) is 0.410. The number of rotatable bonds is 7. The van der Waals surface area contributed by atoms with Crippen LogP contribution in [0.2, 0.25) is 0 Å². The van der Waals surface area contributed by atoms with Gasteiger partial charge in [-0.15, -0.1) is 0 Å². The van der Waals surface area contributed by atoms with Crippen LogP contribution < -0.4 is 14.1 Å². The average molecular weight is 634 g/mol. The molecular formula is C33H35N3O6S2. The Hall–Kier alpha value is -4.61. The number of benzene rings is 4. The Balaban J connectivity index is 0.000000209. The molecule has 0 spiro atoms. The molecule has 0 unspecified atom stereocenters. The molecule has 0 radical (unpaired) electrons. The Morgan fingerprint density at radius 1 is 0.568 bits per heavy atom. The molecule has 1 aromatic heterocycles. The van der Waals surface area contributed by atoms with E-state index in [0.717, 1.165) is 33.6 Å². The topological polar surface area (TPSA) is 131 Å². The second-order valence-electron chi connectivity index (χ2n) is 10.6. The molecule has 0 saturated carbocycles. The molecule has 0 aliphatic heterocycles. The molecule has 44 heavy (non-hydrogen) atoms. The van der Waals surface area contributed by atoms with E-state index in [1.807, 2.05) is 59.7 Å². The van der Waals surface area contributed by atoms with Crippen LogP contribution in [0.1, 0.15) is 33.6 Å². The lowest BCUT2D eigenvalue weighted by Gasteiger charge is -2.13. The normalized spacial score (nSPS) is 11.4. The monoisotopic (exact) mass is 633 g/mol. The van der Waals surface area contributed by atoms with Crippen LogP contribution >= 0.6 is 0 Å². The molecule has 5 aromatic rings. The van der Waals surface area contributed by atoms with E-state index in [1.54, 1.807) is 65.3 Å². The zero-order valence-electron chi connectivity index (χ0n) is 25.4. The number of nitrogens with zero attached hydrogens (tertiary/aromatic N) is 2. The van der Waals surface area contributed by atoms with Crippen molar-refractivity contribution in [1.29, 1.82) is 0 Å². The SMILES string of the molecule is Cc1ccc(S(=O)(=O)Oc2cc(C)ccc2-n2nc(C)cc2C)cc1.Cc1ccc(S(=O)(=O)Oc2cc(C)ccc2N)cc1. The molecule has 0 amide bonds. The fraction of sp³-hybridized carbons (Fsp3) is 0.182. The maximum Gasteiger partial charge on any atom is 0.339 e. The van der Waals surface area contributed by atoms with Gasteiger partial charge in [-0.2, -0.15) is 21.9 Å². The van der Waals surface area contributed by atoms with Crippen molar-refractivity contribution in [1.82, 2.24) is 9.78 Å². The highest BCUT2D eigenvalue weighted by Crippen LogP contribution is 2.29. The molecule has 0 aliphatic carbocycles. The number of hydrogen-bond donors (Lipinski definition) is 1. The second kappa shape index (κ2) is 12.9. The number of hydrogen-bond acceptors (Lipinski definition) is 8. The van der Waals surface area contributed by atoms with E-state index < -0.39 is 20.2 Å². The molecule has 1 heterocycles. The molecule has 11 heteroatoms. The van der Waals surface area contributed by atoms with Crippen LogP contribution in [0.3, 0.4) is 0 Å². The maximum atomic E-state index is 12.6. The van der Waals surface area contributed by atoms with E-state index in [2.05, 4.69) is 5.10 Å². The maximum absolute atomic E-state index is 12.6. The molecule has 0 atom stereocenters. The summed E-state index contributed by atoms with van der Waals surface area (Å²) in [5, 5.41) is 4.43. The van der Waals surface area contributed by atoms with E-state index >= 15 is 0 Å². The van der Waals surface area contributed by atoms with Crippen molar-refractivity contribution in [2.75, 3.05) is 5.73 Å². The van der Waals surface area contributed by atoms with Crippen LogP contribution in [-0.2, 0) is 20.2 Å². The zero-order chi connectivity index (χ0) is 32.2. The summed E-state index contributed by atoms with van der Waals surface area (Å²) in [7, 11) is -7.77. The minimum Gasteiger partial charge on any atom is -0.396 e. The van der Waals surface area contributed by atoms with Gasteiger partial charge in [0.05, 0.1) is 11.4 Å². The summed E-state index contributed by atoms with van der Waals surface area (Å²) in [4.78, 5) is 0.234. The fourth-order valence-corrected chi connectivity index (χ4v) is 6.07.